The molecule has 242 valence electrons. The van der Waals surface area contributed by atoms with E-state index in [0.29, 0.717) is 11.1 Å². The molecule has 0 radical (unpaired) electrons. The summed E-state index contributed by atoms with van der Waals surface area (Å²) >= 11 is 0. The molecule has 3 aromatic heterocycles. The number of hydrogen-bond acceptors (Lipinski definition) is 4. The van der Waals surface area contributed by atoms with Gasteiger partial charge in [0.2, 0.25) is 0 Å². The van der Waals surface area contributed by atoms with Crippen molar-refractivity contribution in [2.75, 3.05) is 0 Å². The monoisotopic (exact) mass is 664 g/mol. The van der Waals surface area contributed by atoms with Crippen LogP contribution in [-0.4, -0.2) is 19.9 Å². The second-order valence-electron chi connectivity index (χ2n) is 12.6. The van der Waals surface area contributed by atoms with E-state index in [0.717, 1.165) is 89.4 Å². The summed E-state index contributed by atoms with van der Waals surface area (Å²) in [6.07, 6.45) is 8.23. The summed E-state index contributed by atoms with van der Waals surface area (Å²) in [6, 6.07) is 48.8. The third-order valence-electron chi connectivity index (χ3n) is 9.48. The minimum absolute atomic E-state index is 0.589. The summed E-state index contributed by atoms with van der Waals surface area (Å²) in [4.78, 5) is 18.1. The van der Waals surface area contributed by atoms with Gasteiger partial charge in [-0.05, 0) is 95.1 Å². The number of benzene rings is 4. The quantitative estimate of drug-likeness (QED) is 0.195. The zero-order valence-corrected chi connectivity index (χ0v) is 27.8. The molecule has 9 rings (SSSR count). The van der Waals surface area contributed by atoms with Gasteiger partial charge in [-0.2, -0.15) is 10.5 Å². The lowest BCUT2D eigenvalue weighted by molar-refractivity contribution is 1.27. The van der Waals surface area contributed by atoms with Gasteiger partial charge in [-0.25, -0.2) is 9.97 Å². The Bertz CT molecular complexity index is 2690. The molecule has 2 N–H and O–H groups in total. The summed E-state index contributed by atoms with van der Waals surface area (Å²) in [7, 11) is 0. The van der Waals surface area contributed by atoms with Crippen LogP contribution in [0.4, 0.5) is 0 Å². The standard InChI is InChI=1S/C46H28N6/c47-27-29-11-15-33(16-12-29)45-39-23-19-35(49-39)43(31-7-3-1-4-8-31)36-20-24-40(50-36)46(34-17-13-30(28-48)14-18-34)42-26-22-38(52-42)44(32-9-5-2-6-10-32)37-21-25-41(45)51-37/h1-26,49,51H. The molecular weight excluding hydrogens is 637 g/mol. The lowest BCUT2D eigenvalue weighted by Crippen LogP contribution is -1.91. The maximum atomic E-state index is 9.55. The topological polar surface area (TPSA) is 105 Å². The van der Waals surface area contributed by atoms with Crippen LogP contribution >= 0.6 is 0 Å². The van der Waals surface area contributed by atoms with Crippen LogP contribution in [0.2, 0.25) is 0 Å². The molecule has 0 unspecified atom stereocenters. The third-order valence-corrected chi connectivity index (χ3v) is 9.48. The van der Waals surface area contributed by atoms with Gasteiger partial charge in [0.05, 0.1) is 46.0 Å². The smallest absolute Gasteiger partial charge is 0.0991 e. The van der Waals surface area contributed by atoms with E-state index in [4.69, 9.17) is 9.97 Å². The number of aromatic amines is 2. The highest BCUT2D eigenvalue weighted by Gasteiger charge is 2.19. The molecule has 4 aromatic carbocycles. The number of nitriles is 2. The van der Waals surface area contributed by atoms with Gasteiger partial charge in [-0.15, -0.1) is 0 Å². The van der Waals surface area contributed by atoms with E-state index in [1.54, 1.807) is 0 Å². The second-order valence-corrected chi connectivity index (χ2v) is 12.6. The van der Waals surface area contributed by atoms with E-state index in [1.807, 2.05) is 84.9 Å². The van der Waals surface area contributed by atoms with E-state index >= 15 is 0 Å². The van der Waals surface area contributed by atoms with E-state index in [9.17, 15) is 10.5 Å². The summed E-state index contributed by atoms with van der Waals surface area (Å²) < 4.78 is 0. The van der Waals surface area contributed by atoms with Crippen molar-refractivity contribution < 1.29 is 0 Å². The number of rotatable bonds is 4. The van der Waals surface area contributed by atoms with Crippen molar-refractivity contribution in [1.29, 1.82) is 10.5 Å². The first-order valence-electron chi connectivity index (χ1n) is 16.9. The van der Waals surface area contributed by atoms with E-state index in [-0.39, 0.29) is 0 Å². The highest BCUT2D eigenvalue weighted by molar-refractivity contribution is 6.00. The summed E-state index contributed by atoms with van der Waals surface area (Å²) in [5.74, 6) is 0. The Hall–Kier alpha value is -7.54. The summed E-state index contributed by atoms with van der Waals surface area (Å²) in [5.41, 5.74) is 15.8. The van der Waals surface area contributed by atoms with Gasteiger partial charge in [-0.1, -0.05) is 84.9 Å². The second kappa shape index (κ2) is 12.7. The molecule has 0 spiro atoms. The lowest BCUT2D eigenvalue weighted by atomic mass is 10.0. The van der Waals surface area contributed by atoms with Gasteiger partial charge in [0.25, 0.3) is 0 Å². The Morgan fingerprint density at radius 1 is 0.346 bits per heavy atom. The number of nitrogens with one attached hydrogen (secondary N) is 2. The molecule has 0 fully saturated rings. The Balaban J connectivity index is 1.46. The summed E-state index contributed by atoms with van der Waals surface area (Å²) in [5, 5.41) is 19.1. The Labute approximate surface area is 300 Å². The molecule has 5 heterocycles. The number of nitrogens with zero attached hydrogens (tertiary/aromatic N) is 4. The van der Waals surface area contributed by atoms with Gasteiger partial charge < -0.3 is 9.97 Å². The Kier molecular flexibility index (Phi) is 7.47. The normalized spacial score (nSPS) is 11.7. The maximum Gasteiger partial charge on any atom is 0.0991 e. The molecule has 6 nitrogen and oxygen atoms in total. The first-order chi connectivity index (χ1) is 25.7. The summed E-state index contributed by atoms with van der Waals surface area (Å²) in [6.45, 7) is 0. The third kappa shape index (κ3) is 5.38. The van der Waals surface area contributed by atoms with Crippen molar-refractivity contribution in [2.45, 2.75) is 0 Å². The number of aromatic nitrogens is 4. The molecule has 0 aliphatic carbocycles. The van der Waals surface area contributed by atoms with E-state index < -0.39 is 0 Å². The first-order valence-corrected chi connectivity index (χ1v) is 16.9. The number of H-pyrrole nitrogens is 2. The van der Waals surface area contributed by atoms with Crippen molar-refractivity contribution in [2.24, 2.45) is 0 Å². The molecule has 52 heavy (non-hydrogen) atoms. The van der Waals surface area contributed by atoms with Crippen molar-refractivity contribution in [3.05, 3.63) is 167 Å². The average molecular weight is 665 g/mol. The zero-order valence-electron chi connectivity index (χ0n) is 27.8. The fourth-order valence-corrected chi connectivity index (χ4v) is 7.05. The minimum Gasteiger partial charge on any atom is -0.354 e. The molecule has 2 aliphatic heterocycles. The van der Waals surface area contributed by atoms with Crippen molar-refractivity contribution in [3.8, 4) is 56.6 Å². The van der Waals surface area contributed by atoms with Crippen LogP contribution < -0.4 is 0 Å². The molecule has 0 saturated carbocycles. The van der Waals surface area contributed by atoms with Crippen molar-refractivity contribution in [1.82, 2.24) is 19.9 Å². The number of fused-ring (bicyclic) bond motifs is 8. The van der Waals surface area contributed by atoms with Gasteiger partial charge in [0.15, 0.2) is 0 Å². The molecule has 0 amide bonds. The van der Waals surface area contributed by atoms with Crippen molar-refractivity contribution >= 4 is 46.4 Å². The SMILES string of the molecule is N#Cc1ccc(-c2c3nc(c(-c4ccccc4)c4ccc([nH]4)c(-c4ccc(C#N)cc4)c4ccc([nH]4)c(-c4ccccc4)c4nc2C=C4)C=C3)cc1. The predicted molar refractivity (Wildman–Crippen MR) is 210 cm³/mol. The van der Waals surface area contributed by atoms with Crippen LogP contribution in [0.5, 0.6) is 0 Å². The van der Waals surface area contributed by atoms with Crippen LogP contribution in [0.15, 0.2) is 133 Å². The average Bonchev–Trinajstić information content (AvgIpc) is 4.04. The minimum atomic E-state index is 0.589. The predicted octanol–water partition coefficient (Wildman–Crippen LogP) is 11.1. The molecule has 2 aliphatic rings. The first kappa shape index (κ1) is 30.5. The molecule has 8 bridgehead atoms. The highest BCUT2D eigenvalue weighted by Crippen LogP contribution is 2.38. The van der Waals surface area contributed by atoms with Crippen LogP contribution in [-0.2, 0) is 0 Å². The lowest BCUT2D eigenvalue weighted by Gasteiger charge is -2.07. The molecule has 0 saturated heterocycles. The largest absolute Gasteiger partial charge is 0.354 e. The molecule has 7 aromatic rings. The van der Waals surface area contributed by atoms with E-state index in [2.05, 4.69) is 94.9 Å². The van der Waals surface area contributed by atoms with Crippen molar-refractivity contribution in [3.63, 3.8) is 0 Å². The van der Waals surface area contributed by atoms with Crippen LogP contribution in [0.3, 0.4) is 0 Å². The number of hydrogen-bond donors (Lipinski definition) is 2. The Morgan fingerprint density at radius 2 is 0.673 bits per heavy atom. The fourth-order valence-electron chi connectivity index (χ4n) is 7.05. The van der Waals surface area contributed by atoms with Gasteiger partial charge >= 0.3 is 0 Å². The van der Waals surface area contributed by atoms with E-state index in [1.165, 1.54) is 0 Å². The van der Waals surface area contributed by atoms with Gasteiger partial charge in [-0.3, -0.25) is 0 Å². The van der Waals surface area contributed by atoms with Crippen LogP contribution in [0, 0.1) is 22.7 Å². The van der Waals surface area contributed by atoms with Crippen LogP contribution in [0.1, 0.15) is 33.9 Å². The highest BCUT2D eigenvalue weighted by atomic mass is 14.8. The van der Waals surface area contributed by atoms with Gasteiger partial charge in [0.1, 0.15) is 0 Å². The Morgan fingerprint density at radius 3 is 1.06 bits per heavy atom. The molecular formula is C46H28N6. The molecule has 6 heteroatoms. The maximum absolute atomic E-state index is 9.55. The molecule has 0 atom stereocenters. The van der Waals surface area contributed by atoms with Crippen LogP contribution in [0.25, 0.3) is 90.9 Å². The van der Waals surface area contributed by atoms with Gasteiger partial charge in [0, 0.05) is 44.3 Å². The zero-order chi connectivity index (χ0) is 35.0. The fraction of sp³-hybridized carbons (Fsp3) is 0.